The molecule has 1 atom stereocenters. The minimum absolute atomic E-state index is 0.533. The third-order valence-corrected chi connectivity index (χ3v) is 13.6. The summed E-state index contributed by atoms with van der Waals surface area (Å²) in [5, 5.41) is 2.57. The van der Waals surface area contributed by atoms with Crippen LogP contribution in [0.2, 0.25) is 0 Å². The van der Waals surface area contributed by atoms with E-state index in [-0.39, 0.29) is 0 Å². The van der Waals surface area contributed by atoms with Gasteiger partial charge in [-0.15, -0.1) is 0 Å². The minimum Gasteiger partial charge on any atom is -0.309 e. The van der Waals surface area contributed by atoms with Crippen LogP contribution in [-0.4, -0.2) is 4.57 Å². The Bertz CT molecular complexity index is 3560. The Morgan fingerprint density at radius 1 is 0.317 bits per heavy atom. The topological polar surface area (TPSA) is 8.17 Å². The quantitative estimate of drug-likeness (QED) is 0.163. The van der Waals surface area contributed by atoms with Crippen molar-refractivity contribution < 1.29 is 0 Å². The summed E-state index contributed by atoms with van der Waals surface area (Å²) in [6.45, 7) is 0. The van der Waals surface area contributed by atoms with Crippen LogP contribution in [0.4, 0.5) is 17.1 Å². The lowest BCUT2D eigenvalue weighted by atomic mass is 9.65. The van der Waals surface area contributed by atoms with Gasteiger partial charge in [0.05, 0.1) is 33.5 Å². The molecule has 0 saturated carbocycles. The molecule has 0 N–H and O–H groups in total. The van der Waals surface area contributed by atoms with Gasteiger partial charge in [0.15, 0.2) is 0 Å². The van der Waals surface area contributed by atoms with Gasteiger partial charge in [0.2, 0.25) is 0 Å². The van der Waals surface area contributed by atoms with E-state index in [2.05, 4.69) is 252 Å². The zero-order valence-electron chi connectivity index (χ0n) is 34.5. The Kier molecular flexibility index (Phi) is 7.85. The predicted octanol–water partition coefficient (Wildman–Crippen LogP) is 15.9. The van der Waals surface area contributed by atoms with E-state index < -0.39 is 5.41 Å². The number of para-hydroxylation sites is 6. The van der Waals surface area contributed by atoms with E-state index in [1.54, 1.807) is 0 Å². The molecule has 0 bridgehead atoms. The van der Waals surface area contributed by atoms with E-state index in [0.29, 0.717) is 0 Å². The van der Waals surface area contributed by atoms with Gasteiger partial charge in [0.25, 0.3) is 0 Å². The van der Waals surface area contributed by atoms with Crippen molar-refractivity contribution >= 4 is 38.9 Å². The summed E-state index contributed by atoms with van der Waals surface area (Å²) < 4.78 is 2.52. The van der Waals surface area contributed by atoms with E-state index in [1.165, 1.54) is 94.3 Å². The second-order valence-electron chi connectivity index (χ2n) is 16.8. The Balaban J connectivity index is 1.04. The summed E-state index contributed by atoms with van der Waals surface area (Å²) in [6.07, 6.45) is 0. The van der Waals surface area contributed by atoms with Crippen LogP contribution >= 0.6 is 0 Å². The fraction of sp³-hybridized carbons (Fsp3) is 0.0164. The van der Waals surface area contributed by atoms with E-state index in [1.807, 2.05) is 0 Å². The highest BCUT2D eigenvalue weighted by atomic mass is 15.1. The molecule has 2 nitrogen and oxygen atoms in total. The highest BCUT2D eigenvalue weighted by Crippen LogP contribution is 2.61. The highest BCUT2D eigenvalue weighted by Gasteiger charge is 2.50. The molecule has 2 heterocycles. The van der Waals surface area contributed by atoms with Gasteiger partial charge in [0.1, 0.15) is 0 Å². The fourth-order valence-electron chi connectivity index (χ4n) is 11.0. The molecule has 13 rings (SSSR count). The molecule has 0 amide bonds. The van der Waals surface area contributed by atoms with Crippen molar-refractivity contribution in [3.8, 4) is 50.2 Å². The number of fused-ring (bicyclic) bond motifs is 12. The number of benzene rings is 10. The van der Waals surface area contributed by atoms with Gasteiger partial charge >= 0.3 is 0 Å². The highest BCUT2D eigenvalue weighted by molar-refractivity contribution is 6.13. The summed E-state index contributed by atoms with van der Waals surface area (Å²) in [7, 11) is 0. The molecule has 1 aromatic heterocycles. The van der Waals surface area contributed by atoms with Crippen molar-refractivity contribution in [3.05, 3.63) is 265 Å². The lowest BCUT2D eigenvalue weighted by Gasteiger charge is -2.39. The van der Waals surface area contributed by atoms with Gasteiger partial charge in [-0.1, -0.05) is 200 Å². The fourth-order valence-corrected chi connectivity index (χ4v) is 11.0. The third kappa shape index (κ3) is 5.13. The second kappa shape index (κ2) is 13.9. The van der Waals surface area contributed by atoms with Crippen molar-refractivity contribution in [2.45, 2.75) is 5.41 Å². The maximum Gasteiger partial charge on any atom is 0.0754 e. The second-order valence-corrected chi connectivity index (χ2v) is 16.8. The van der Waals surface area contributed by atoms with Crippen LogP contribution in [0.5, 0.6) is 0 Å². The van der Waals surface area contributed by atoms with Gasteiger partial charge in [-0.2, -0.15) is 0 Å². The summed E-state index contributed by atoms with van der Waals surface area (Å²) >= 11 is 0. The average Bonchev–Trinajstić information content (AvgIpc) is 3.85. The van der Waals surface area contributed by atoms with Crippen molar-refractivity contribution in [1.82, 2.24) is 4.57 Å². The van der Waals surface area contributed by atoms with Crippen LogP contribution in [0, 0.1) is 0 Å². The van der Waals surface area contributed by atoms with E-state index in [4.69, 9.17) is 0 Å². The minimum atomic E-state index is -0.533. The summed E-state index contributed by atoms with van der Waals surface area (Å²) in [5.41, 5.74) is 21.5. The third-order valence-electron chi connectivity index (χ3n) is 13.6. The Morgan fingerprint density at radius 2 is 0.841 bits per heavy atom. The molecule has 2 heteroatoms. The van der Waals surface area contributed by atoms with Gasteiger partial charge in [-0.25, -0.2) is 0 Å². The number of hydrogen-bond donors (Lipinski definition) is 0. The van der Waals surface area contributed by atoms with Crippen LogP contribution in [-0.2, 0) is 5.41 Å². The van der Waals surface area contributed by atoms with Crippen LogP contribution in [0.25, 0.3) is 72.0 Å². The maximum absolute atomic E-state index is 2.52. The molecule has 11 aromatic rings. The zero-order chi connectivity index (χ0) is 41.5. The molecule has 1 unspecified atom stereocenters. The molecular formula is C61H40N2. The van der Waals surface area contributed by atoms with Gasteiger partial charge in [-0.05, 0) is 98.1 Å². The Labute approximate surface area is 367 Å². The Hall–Kier alpha value is -8.20. The molecule has 10 aromatic carbocycles. The molecule has 0 radical (unpaired) electrons. The van der Waals surface area contributed by atoms with Crippen molar-refractivity contribution in [2.75, 3.05) is 4.90 Å². The number of anilines is 3. The van der Waals surface area contributed by atoms with E-state index in [0.717, 1.165) is 17.1 Å². The van der Waals surface area contributed by atoms with Gasteiger partial charge in [0, 0.05) is 27.6 Å². The maximum atomic E-state index is 2.52. The first-order valence-electron chi connectivity index (χ1n) is 21.9. The molecule has 63 heavy (non-hydrogen) atoms. The summed E-state index contributed by atoms with van der Waals surface area (Å²) in [5.74, 6) is 0. The number of rotatable bonds is 6. The number of hydrogen-bond acceptors (Lipinski definition) is 1. The molecule has 1 aliphatic heterocycles. The molecule has 0 saturated heterocycles. The first-order chi connectivity index (χ1) is 31.3. The lowest BCUT2D eigenvalue weighted by molar-refractivity contribution is 0.749. The van der Waals surface area contributed by atoms with Gasteiger partial charge in [-0.3, -0.25) is 0 Å². The number of aromatic nitrogens is 1. The smallest absolute Gasteiger partial charge is 0.0754 e. The standard InChI is InChI=1S/C61H40N2/c1-3-18-41(19-4-1)42-34-36-43(37-35-42)46-22-8-13-30-56(46)62(45-20-5-2-6-21-45)57-31-14-9-23-47(57)44-38-39-49-48-24-7-11-27-52(48)61(55(49)40-44)53-28-12-16-33-59(53)63-58-32-15-10-25-50(58)51-26-17-29-54(61)60(51)63/h1-40H. The SMILES string of the molecule is c1ccc(-c2ccc(-c3ccccc3N(c3ccccc3)c3ccccc3-c3ccc4c(c3)C3(c5ccccc5-4)c4ccccc4-n4c5ccccc5c5cccc3c54)cc2)cc1. The van der Waals surface area contributed by atoms with E-state index >= 15 is 0 Å². The average molecular weight is 801 g/mol. The molecular weight excluding hydrogens is 761 g/mol. The number of nitrogens with zero attached hydrogens (tertiary/aromatic N) is 2. The van der Waals surface area contributed by atoms with E-state index in [9.17, 15) is 0 Å². The Morgan fingerprint density at radius 3 is 1.62 bits per heavy atom. The zero-order valence-corrected chi connectivity index (χ0v) is 34.5. The molecule has 0 fully saturated rings. The van der Waals surface area contributed by atoms with Crippen LogP contribution in [0.3, 0.4) is 0 Å². The van der Waals surface area contributed by atoms with Gasteiger partial charge < -0.3 is 9.47 Å². The first kappa shape index (κ1) is 35.5. The normalized spacial score (nSPS) is 14.4. The van der Waals surface area contributed by atoms with Crippen LogP contribution in [0.1, 0.15) is 22.3 Å². The lowest BCUT2D eigenvalue weighted by Crippen LogP contribution is -2.33. The van der Waals surface area contributed by atoms with Crippen LogP contribution < -0.4 is 4.90 Å². The molecule has 1 aliphatic carbocycles. The molecule has 2 aliphatic rings. The summed E-state index contributed by atoms with van der Waals surface area (Å²) in [6, 6.07) is 89.5. The van der Waals surface area contributed by atoms with Crippen molar-refractivity contribution in [1.29, 1.82) is 0 Å². The van der Waals surface area contributed by atoms with Crippen molar-refractivity contribution in [2.24, 2.45) is 0 Å². The summed E-state index contributed by atoms with van der Waals surface area (Å²) in [4.78, 5) is 2.45. The first-order valence-corrected chi connectivity index (χ1v) is 21.9. The van der Waals surface area contributed by atoms with Crippen LogP contribution in [0.15, 0.2) is 243 Å². The van der Waals surface area contributed by atoms with Crippen molar-refractivity contribution in [3.63, 3.8) is 0 Å². The predicted molar refractivity (Wildman–Crippen MR) is 263 cm³/mol. The largest absolute Gasteiger partial charge is 0.309 e. The monoisotopic (exact) mass is 800 g/mol. The molecule has 1 spiro atoms. The molecule has 294 valence electrons.